The number of rotatable bonds is 6. The second kappa shape index (κ2) is 9.48. The zero-order valence-corrected chi connectivity index (χ0v) is 19.8. The molecule has 0 atom stereocenters. The fraction of sp³-hybridized carbons (Fsp3) is 0.0769. The summed E-state index contributed by atoms with van der Waals surface area (Å²) in [5.41, 5.74) is 4.47. The highest BCUT2D eigenvalue weighted by Crippen LogP contribution is 2.29. The average molecular weight is 492 g/mol. The number of hydrogen-bond donors (Lipinski definition) is 2. The number of thioether (sulfide) groups is 1. The van der Waals surface area contributed by atoms with E-state index in [-0.39, 0.29) is 5.91 Å². The molecule has 4 aromatic carbocycles. The summed E-state index contributed by atoms with van der Waals surface area (Å²) in [6, 6.07) is 25.5. The predicted molar refractivity (Wildman–Crippen MR) is 140 cm³/mol. The van der Waals surface area contributed by atoms with E-state index in [4.69, 9.17) is 28.2 Å². The molecule has 2 N–H and O–H groups in total. The number of halogens is 2. The van der Waals surface area contributed by atoms with Crippen molar-refractivity contribution in [1.29, 1.82) is 0 Å². The fourth-order valence-corrected chi connectivity index (χ4v) is 5.22. The lowest BCUT2D eigenvalue weighted by atomic mass is 10.1. The molecule has 0 aliphatic rings. The van der Waals surface area contributed by atoms with Gasteiger partial charge in [0.25, 0.3) is 0 Å². The Bertz CT molecular complexity index is 1390. The molecule has 5 aromatic rings. The van der Waals surface area contributed by atoms with Crippen molar-refractivity contribution in [3.8, 4) is 11.4 Å². The first kappa shape index (κ1) is 21.8. The summed E-state index contributed by atoms with van der Waals surface area (Å²) in [6.45, 7) is 0. The van der Waals surface area contributed by atoms with Gasteiger partial charge in [-0.1, -0.05) is 53.5 Å². The minimum atomic E-state index is -0.0775. The summed E-state index contributed by atoms with van der Waals surface area (Å²) in [5.74, 6) is 1.60. The number of fused-ring (bicyclic) bond motifs is 2. The minimum absolute atomic E-state index is 0.0775. The van der Waals surface area contributed by atoms with Crippen molar-refractivity contribution in [3.05, 3.63) is 94.5 Å². The Balaban J connectivity index is 1.23. The number of amides is 1. The van der Waals surface area contributed by atoms with Crippen molar-refractivity contribution in [1.82, 2.24) is 9.97 Å². The summed E-state index contributed by atoms with van der Waals surface area (Å²) >= 11 is 13.8. The van der Waals surface area contributed by atoms with Crippen LogP contribution in [0.5, 0.6) is 0 Å². The van der Waals surface area contributed by atoms with E-state index in [9.17, 15) is 4.79 Å². The van der Waals surface area contributed by atoms with Gasteiger partial charge in [0.2, 0.25) is 5.91 Å². The normalized spacial score (nSPS) is 11.2. The van der Waals surface area contributed by atoms with Crippen LogP contribution in [0.1, 0.15) is 5.56 Å². The SMILES string of the molecule is O=C(CSCc1c(Cl)cccc1Cl)Nc1ccc(-c2nc3cc4ccccc4cc3[nH]2)cc1. The maximum atomic E-state index is 12.3. The Morgan fingerprint density at radius 3 is 2.33 bits per heavy atom. The summed E-state index contributed by atoms with van der Waals surface area (Å²) in [7, 11) is 0. The first-order valence-corrected chi connectivity index (χ1v) is 12.3. The van der Waals surface area contributed by atoms with Crippen LogP contribution in [0.2, 0.25) is 10.0 Å². The molecule has 0 spiro atoms. The number of aromatic nitrogens is 2. The molecule has 1 amide bonds. The lowest BCUT2D eigenvalue weighted by Gasteiger charge is -2.08. The smallest absolute Gasteiger partial charge is 0.234 e. The third-order valence-corrected chi connectivity index (χ3v) is 7.00. The molecule has 0 bridgehead atoms. The van der Waals surface area contributed by atoms with Crippen molar-refractivity contribution in [2.75, 3.05) is 11.1 Å². The van der Waals surface area contributed by atoms with Gasteiger partial charge in [-0.25, -0.2) is 4.98 Å². The van der Waals surface area contributed by atoms with Crippen LogP contribution in [0.15, 0.2) is 78.9 Å². The molecule has 0 fully saturated rings. The molecule has 1 heterocycles. The molecule has 7 heteroatoms. The molecule has 0 aliphatic carbocycles. The van der Waals surface area contributed by atoms with Gasteiger partial charge < -0.3 is 10.3 Å². The summed E-state index contributed by atoms with van der Waals surface area (Å²) in [5, 5.41) is 6.50. The molecule has 0 unspecified atom stereocenters. The van der Waals surface area contributed by atoms with E-state index in [2.05, 4.69) is 34.6 Å². The number of nitrogens with one attached hydrogen (secondary N) is 2. The van der Waals surface area contributed by atoms with Gasteiger partial charge in [0.15, 0.2) is 0 Å². The van der Waals surface area contributed by atoms with Crippen LogP contribution in [-0.2, 0) is 10.5 Å². The van der Waals surface area contributed by atoms with Crippen molar-refractivity contribution >= 4 is 68.4 Å². The third-order valence-electron chi connectivity index (χ3n) is 5.33. The van der Waals surface area contributed by atoms with Gasteiger partial charge in [0.1, 0.15) is 5.82 Å². The van der Waals surface area contributed by atoms with E-state index in [1.165, 1.54) is 17.1 Å². The lowest BCUT2D eigenvalue weighted by Crippen LogP contribution is -2.14. The van der Waals surface area contributed by atoms with Crippen LogP contribution in [0.3, 0.4) is 0 Å². The number of H-pyrrole nitrogens is 1. The van der Waals surface area contributed by atoms with Crippen LogP contribution in [0.4, 0.5) is 5.69 Å². The first-order chi connectivity index (χ1) is 16.1. The summed E-state index contributed by atoms with van der Waals surface area (Å²) in [6.07, 6.45) is 0. The molecule has 0 aliphatic heterocycles. The van der Waals surface area contributed by atoms with Crippen molar-refractivity contribution in [2.24, 2.45) is 0 Å². The largest absolute Gasteiger partial charge is 0.338 e. The van der Waals surface area contributed by atoms with E-state index >= 15 is 0 Å². The molecular formula is C26H19Cl2N3OS. The number of carbonyl (C=O) groups is 1. The van der Waals surface area contributed by atoms with E-state index in [0.29, 0.717) is 21.6 Å². The van der Waals surface area contributed by atoms with Crippen LogP contribution in [-0.4, -0.2) is 21.6 Å². The number of imidazole rings is 1. The average Bonchev–Trinajstić information content (AvgIpc) is 3.22. The Kier molecular flexibility index (Phi) is 6.27. The van der Waals surface area contributed by atoms with Crippen molar-refractivity contribution in [2.45, 2.75) is 5.75 Å². The number of aromatic amines is 1. The Morgan fingerprint density at radius 2 is 1.61 bits per heavy atom. The highest BCUT2D eigenvalue weighted by molar-refractivity contribution is 7.99. The summed E-state index contributed by atoms with van der Waals surface area (Å²) < 4.78 is 0. The molecule has 5 rings (SSSR count). The van der Waals surface area contributed by atoms with Gasteiger partial charge in [0, 0.05) is 27.0 Å². The van der Waals surface area contributed by atoms with E-state index in [1.54, 1.807) is 12.1 Å². The van der Waals surface area contributed by atoms with Crippen LogP contribution in [0.25, 0.3) is 33.2 Å². The zero-order valence-electron chi connectivity index (χ0n) is 17.4. The van der Waals surface area contributed by atoms with Gasteiger partial charge in [0.05, 0.1) is 16.8 Å². The topological polar surface area (TPSA) is 57.8 Å². The number of anilines is 1. The van der Waals surface area contributed by atoms with Gasteiger partial charge in [-0.3, -0.25) is 4.79 Å². The van der Waals surface area contributed by atoms with Crippen LogP contribution < -0.4 is 5.32 Å². The predicted octanol–water partition coefficient (Wildman–Crippen LogP) is 7.56. The number of benzene rings is 4. The van der Waals surface area contributed by atoms with E-state index < -0.39 is 0 Å². The lowest BCUT2D eigenvalue weighted by molar-refractivity contribution is -0.113. The molecule has 0 saturated carbocycles. The Morgan fingerprint density at radius 1 is 0.909 bits per heavy atom. The first-order valence-electron chi connectivity index (χ1n) is 10.4. The molecule has 0 saturated heterocycles. The molecule has 1 aromatic heterocycles. The van der Waals surface area contributed by atoms with Gasteiger partial charge >= 0.3 is 0 Å². The highest BCUT2D eigenvalue weighted by Gasteiger charge is 2.10. The van der Waals surface area contributed by atoms with Crippen LogP contribution >= 0.6 is 35.0 Å². The number of carbonyl (C=O) groups excluding carboxylic acids is 1. The summed E-state index contributed by atoms with van der Waals surface area (Å²) in [4.78, 5) is 20.5. The van der Waals surface area contributed by atoms with E-state index in [0.717, 1.165) is 39.1 Å². The second-order valence-corrected chi connectivity index (χ2v) is 9.42. The maximum Gasteiger partial charge on any atom is 0.234 e. The third kappa shape index (κ3) is 4.86. The molecule has 164 valence electrons. The monoisotopic (exact) mass is 491 g/mol. The molecule has 33 heavy (non-hydrogen) atoms. The second-order valence-electron chi connectivity index (χ2n) is 7.62. The van der Waals surface area contributed by atoms with E-state index in [1.807, 2.05) is 42.5 Å². The maximum absolute atomic E-state index is 12.3. The molecule has 4 nitrogen and oxygen atoms in total. The fourth-order valence-electron chi connectivity index (χ4n) is 3.66. The van der Waals surface area contributed by atoms with Gasteiger partial charge in [-0.2, -0.15) is 0 Å². The molecule has 0 radical (unpaired) electrons. The van der Waals surface area contributed by atoms with Gasteiger partial charge in [-0.05, 0) is 64.9 Å². The van der Waals surface area contributed by atoms with Gasteiger partial charge in [-0.15, -0.1) is 11.8 Å². The van der Waals surface area contributed by atoms with Crippen LogP contribution in [0, 0.1) is 0 Å². The Labute approximate surface area is 205 Å². The van der Waals surface area contributed by atoms with Crippen molar-refractivity contribution < 1.29 is 4.79 Å². The Hall–Kier alpha value is -2.99. The van der Waals surface area contributed by atoms with Crippen molar-refractivity contribution in [3.63, 3.8) is 0 Å². The number of hydrogen-bond acceptors (Lipinski definition) is 3. The molecular weight excluding hydrogens is 473 g/mol. The standard InChI is InChI=1S/C26H19Cl2N3OS/c27-21-6-3-7-22(28)20(21)14-33-15-25(32)29-19-10-8-16(9-11-19)26-30-23-12-17-4-1-2-5-18(17)13-24(23)31-26/h1-13H,14-15H2,(H,29,32)(H,30,31). The zero-order chi connectivity index (χ0) is 22.8. The quantitative estimate of drug-likeness (QED) is 0.257. The minimum Gasteiger partial charge on any atom is -0.338 e. The highest BCUT2D eigenvalue weighted by atomic mass is 35.5. The number of nitrogens with zero attached hydrogens (tertiary/aromatic N) is 1.